The van der Waals surface area contributed by atoms with Crippen LogP contribution in [0.15, 0.2) is 42.6 Å². The molecule has 2 rings (SSSR count). The minimum Gasteiger partial charge on any atom is -0.477 e. The van der Waals surface area contributed by atoms with E-state index in [1.54, 1.807) is 18.3 Å². The van der Waals surface area contributed by atoms with Crippen LogP contribution in [-0.2, 0) is 11.3 Å². The van der Waals surface area contributed by atoms with Crippen molar-refractivity contribution in [2.75, 3.05) is 5.32 Å². The first-order valence-corrected chi connectivity index (χ1v) is 5.82. The minimum atomic E-state index is -1.05. The van der Waals surface area contributed by atoms with Gasteiger partial charge in [0.15, 0.2) is 0 Å². The smallest absolute Gasteiger partial charge is 0.352 e. The first kappa shape index (κ1) is 12.9. The van der Waals surface area contributed by atoms with Gasteiger partial charge in [0.05, 0.1) is 0 Å². The van der Waals surface area contributed by atoms with Crippen molar-refractivity contribution >= 4 is 17.6 Å². The third-order valence-electron chi connectivity index (χ3n) is 2.78. The highest BCUT2D eigenvalue weighted by molar-refractivity contribution is 5.92. The zero-order valence-electron chi connectivity index (χ0n) is 10.5. The monoisotopic (exact) mass is 258 g/mol. The molecule has 0 aliphatic rings. The highest BCUT2D eigenvalue weighted by Gasteiger charge is 2.12. The van der Waals surface area contributed by atoms with Crippen molar-refractivity contribution in [1.82, 2.24) is 4.57 Å². The molecule has 1 heterocycles. The zero-order valence-corrected chi connectivity index (χ0v) is 10.5. The number of anilines is 1. The maximum Gasteiger partial charge on any atom is 0.352 e. The Kier molecular flexibility index (Phi) is 3.66. The average Bonchev–Trinajstić information content (AvgIpc) is 2.80. The Morgan fingerprint density at radius 2 is 1.95 bits per heavy atom. The summed E-state index contributed by atoms with van der Waals surface area (Å²) in [4.78, 5) is 22.8. The lowest BCUT2D eigenvalue weighted by Crippen LogP contribution is -2.21. The molecule has 0 aliphatic heterocycles. The minimum absolute atomic E-state index is 0.0248. The van der Waals surface area contributed by atoms with Gasteiger partial charge in [0, 0.05) is 11.9 Å². The summed E-state index contributed by atoms with van der Waals surface area (Å²) >= 11 is 0. The molecule has 0 bridgehead atoms. The normalized spacial score (nSPS) is 10.2. The van der Waals surface area contributed by atoms with Gasteiger partial charge in [-0.1, -0.05) is 18.2 Å². The number of aromatic carboxylic acids is 1. The number of aryl methyl sites for hydroxylation is 1. The van der Waals surface area contributed by atoms with E-state index in [1.807, 2.05) is 25.1 Å². The summed E-state index contributed by atoms with van der Waals surface area (Å²) in [5.74, 6) is -1.30. The van der Waals surface area contributed by atoms with Crippen molar-refractivity contribution < 1.29 is 14.7 Å². The van der Waals surface area contributed by atoms with E-state index in [9.17, 15) is 9.59 Å². The van der Waals surface area contributed by atoms with Gasteiger partial charge in [0.2, 0.25) is 5.91 Å². The van der Waals surface area contributed by atoms with E-state index in [2.05, 4.69) is 5.32 Å². The van der Waals surface area contributed by atoms with Crippen LogP contribution in [-0.4, -0.2) is 21.6 Å². The van der Waals surface area contributed by atoms with Crippen molar-refractivity contribution in [2.24, 2.45) is 0 Å². The van der Waals surface area contributed by atoms with Crippen LogP contribution in [0.2, 0.25) is 0 Å². The molecule has 0 fully saturated rings. The summed E-state index contributed by atoms with van der Waals surface area (Å²) in [6, 6.07) is 10.5. The maximum atomic E-state index is 11.9. The Morgan fingerprint density at radius 3 is 2.63 bits per heavy atom. The summed E-state index contributed by atoms with van der Waals surface area (Å²) < 4.78 is 1.40. The molecule has 98 valence electrons. The van der Waals surface area contributed by atoms with E-state index in [-0.39, 0.29) is 18.1 Å². The quantitative estimate of drug-likeness (QED) is 0.882. The number of aromatic nitrogens is 1. The van der Waals surface area contributed by atoms with Crippen molar-refractivity contribution in [2.45, 2.75) is 13.5 Å². The Hall–Kier alpha value is -2.56. The number of rotatable bonds is 4. The number of carboxylic acids is 1. The van der Waals surface area contributed by atoms with Gasteiger partial charge in [-0.3, -0.25) is 4.79 Å². The highest BCUT2D eigenvalue weighted by Crippen LogP contribution is 2.13. The molecule has 5 nitrogen and oxygen atoms in total. The molecule has 2 aromatic rings. The van der Waals surface area contributed by atoms with Gasteiger partial charge in [-0.05, 0) is 30.7 Å². The predicted octanol–water partition coefficient (Wildman–Crippen LogP) is 2.13. The summed E-state index contributed by atoms with van der Waals surface area (Å²) in [5, 5.41) is 11.7. The summed E-state index contributed by atoms with van der Waals surface area (Å²) in [7, 11) is 0. The first-order chi connectivity index (χ1) is 9.08. The molecule has 1 amide bonds. The predicted molar refractivity (Wildman–Crippen MR) is 71.2 cm³/mol. The molecule has 0 radical (unpaired) electrons. The van der Waals surface area contributed by atoms with Crippen molar-refractivity contribution in [3.8, 4) is 0 Å². The number of nitrogens with zero attached hydrogens (tertiary/aromatic N) is 1. The average molecular weight is 258 g/mol. The zero-order chi connectivity index (χ0) is 13.8. The topological polar surface area (TPSA) is 71.3 Å². The Morgan fingerprint density at radius 1 is 1.21 bits per heavy atom. The lowest BCUT2D eigenvalue weighted by atomic mass is 10.2. The fourth-order valence-electron chi connectivity index (χ4n) is 1.80. The highest BCUT2D eigenvalue weighted by atomic mass is 16.4. The van der Waals surface area contributed by atoms with Crippen LogP contribution < -0.4 is 5.32 Å². The van der Waals surface area contributed by atoms with Crippen molar-refractivity contribution in [3.05, 3.63) is 53.9 Å². The van der Waals surface area contributed by atoms with Crippen molar-refractivity contribution in [1.29, 1.82) is 0 Å². The molecular formula is C14H14N2O3. The molecule has 2 N–H and O–H groups in total. The second-order valence-electron chi connectivity index (χ2n) is 4.19. The summed E-state index contributed by atoms with van der Waals surface area (Å²) in [6.45, 7) is 1.87. The van der Waals surface area contributed by atoms with Crippen LogP contribution in [0.1, 0.15) is 16.1 Å². The molecule has 0 atom stereocenters. The van der Waals surface area contributed by atoms with E-state index in [1.165, 1.54) is 10.6 Å². The Labute approximate surface area is 110 Å². The molecule has 0 saturated heterocycles. The second kappa shape index (κ2) is 5.39. The molecule has 0 spiro atoms. The number of hydrogen-bond donors (Lipinski definition) is 2. The Balaban J connectivity index is 2.08. The van der Waals surface area contributed by atoms with Crippen LogP contribution in [0.5, 0.6) is 0 Å². The number of carboxylic acid groups (broad SMARTS) is 1. The van der Waals surface area contributed by atoms with E-state index in [4.69, 9.17) is 5.11 Å². The number of para-hydroxylation sites is 1. The Bertz CT molecular complexity index is 617. The van der Waals surface area contributed by atoms with E-state index >= 15 is 0 Å². The van der Waals surface area contributed by atoms with Crippen LogP contribution in [0.3, 0.4) is 0 Å². The molecular weight excluding hydrogens is 244 g/mol. The van der Waals surface area contributed by atoms with Crippen LogP contribution in [0.25, 0.3) is 0 Å². The number of amides is 1. The first-order valence-electron chi connectivity index (χ1n) is 5.82. The van der Waals surface area contributed by atoms with Gasteiger partial charge in [0.1, 0.15) is 12.2 Å². The molecule has 5 heteroatoms. The number of nitrogens with one attached hydrogen (secondary N) is 1. The number of benzene rings is 1. The molecule has 0 saturated carbocycles. The number of carbonyl (C=O) groups is 2. The van der Waals surface area contributed by atoms with Gasteiger partial charge in [0.25, 0.3) is 0 Å². The van der Waals surface area contributed by atoms with E-state index in [0.717, 1.165) is 11.3 Å². The molecule has 1 aromatic heterocycles. The van der Waals surface area contributed by atoms with E-state index in [0.29, 0.717) is 0 Å². The van der Waals surface area contributed by atoms with Gasteiger partial charge in [-0.25, -0.2) is 4.79 Å². The third-order valence-corrected chi connectivity index (χ3v) is 2.78. The number of hydrogen-bond acceptors (Lipinski definition) is 2. The summed E-state index contributed by atoms with van der Waals surface area (Å²) in [5.41, 5.74) is 1.79. The largest absolute Gasteiger partial charge is 0.477 e. The SMILES string of the molecule is Cc1ccccc1NC(=O)Cn1cccc1C(=O)O. The third kappa shape index (κ3) is 3.01. The van der Waals surface area contributed by atoms with Crippen LogP contribution in [0, 0.1) is 6.92 Å². The summed E-state index contributed by atoms with van der Waals surface area (Å²) in [6.07, 6.45) is 1.57. The number of carbonyl (C=O) groups excluding carboxylic acids is 1. The van der Waals surface area contributed by atoms with Crippen LogP contribution >= 0.6 is 0 Å². The van der Waals surface area contributed by atoms with Gasteiger partial charge in [-0.2, -0.15) is 0 Å². The van der Waals surface area contributed by atoms with Gasteiger partial charge < -0.3 is 15.0 Å². The van der Waals surface area contributed by atoms with Crippen LogP contribution in [0.4, 0.5) is 5.69 Å². The molecule has 1 aromatic carbocycles. The lowest BCUT2D eigenvalue weighted by molar-refractivity contribution is -0.116. The fourth-order valence-corrected chi connectivity index (χ4v) is 1.80. The van der Waals surface area contributed by atoms with Gasteiger partial charge >= 0.3 is 5.97 Å². The lowest BCUT2D eigenvalue weighted by Gasteiger charge is -2.09. The second-order valence-corrected chi connectivity index (χ2v) is 4.19. The maximum absolute atomic E-state index is 11.9. The molecule has 0 unspecified atom stereocenters. The standard InChI is InChI=1S/C14H14N2O3/c1-10-5-2-3-6-11(10)15-13(17)9-16-8-4-7-12(16)14(18)19/h2-8H,9H2,1H3,(H,15,17)(H,18,19). The molecule has 0 aliphatic carbocycles. The van der Waals surface area contributed by atoms with Gasteiger partial charge in [-0.15, -0.1) is 0 Å². The van der Waals surface area contributed by atoms with E-state index < -0.39 is 5.97 Å². The fraction of sp³-hybridized carbons (Fsp3) is 0.143. The molecule has 19 heavy (non-hydrogen) atoms. The van der Waals surface area contributed by atoms with Crippen molar-refractivity contribution in [3.63, 3.8) is 0 Å².